The molecule has 0 aliphatic carbocycles. The zero-order valence-electron chi connectivity index (χ0n) is 12.9. The fraction of sp³-hybridized carbons (Fsp3) is 0.588. The monoisotopic (exact) mass is 307 g/mol. The molecule has 1 aliphatic heterocycles. The van der Waals surface area contributed by atoms with E-state index in [4.69, 9.17) is 9.47 Å². The molecule has 0 bridgehead atoms. The van der Waals surface area contributed by atoms with Crippen LogP contribution in [0.2, 0.25) is 0 Å². The van der Waals surface area contributed by atoms with Gasteiger partial charge in [0, 0.05) is 38.6 Å². The molecule has 0 spiro atoms. The van der Waals surface area contributed by atoms with Gasteiger partial charge in [-0.1, -0.05) is 30.3 Å². The van der Waals surface area contributed by atoms with E-state index in [1.165, 1.54) is 0 Å². The predicted molar refractivity (Wildman–Crippen MR) is 83.3 cm³/mol. The minimum Gasteiger partial charge on any atom is -0.396 e. The Balaban J connectivity index is 1.62. The zero-order chi connectivity index (χ0) is 15.6. The van der Waals surface area contributed by atoms with Gasteiger partial charge >= 0.3 is 0 Å². The van der Waals surface area contributed by atoms with Crippen LogP contribution in [0, 0.1) is 5.92 Å². The lowest BCUT2D eigenvalue weighted by molar-refractivity contribution is -0.132. The number of amides is 1. The molecule has 1 heterocycles. The second-order valence-electron chi connectivity index (χ2n) is 5.61. The number of aliphatic hydroxyl groups is 1. The number of carbonyl (C=O) groups excluding carboxylic acids is 1. The molecule has 5 heteroatoms. The number of carbonyl (C=O) groups is 1. The number of hydrogen-bond acceptors (Lipinski definition) is 4. The van der Waals surface area contributed by atoms with Crippen LogP contribution in [-0.4, -0.2) is 55.4 Å². The number of ether oxygens (including phenoxy) is 2. The third-order valence-corrected chi connectivity index (χ3v) is 3.74. The fourth-order valence-corrected chi connectivity index (χ4v) is 2.47. The van der Waals surface area contributed by atoms with E-state index in [1.54, 1.807) is 4.90 Å². The van der Waals surface area contributed by atoms with Gasteiger partial charge in [-0.3, -0.25) is 4.79 Å². The highest BCUT2D eigenvalue weighted by atomic mass is 16.5. The second kappa shape index (κ2) is 9.56. The highest BCUT2D eigenvalue weighted by Crippen LogP contribution is 2.09. The summed E-state index contributed by atoms with van der Waals surface area (Å²) in [5.41, 5.74) is 1.14. The quantitative estimate of drug-likeness (QED) is 0.775. The normalized spacial score (nSPS) is 19.0. The Kier molecular flexibility index (Phi) is 7.36. The molecule has 1 saturated heterocycles. The lowest BCUT2D eigenvalue weighted by atomic mass is 10.1. The number of aliphatic hydroxyl groups excluding tert-OH is 1. The second-order valence-corrected chi connectivity index (χ2v) is 5.61. The summed E-state index contributed by atoms with van der Waals surface area (Å²) in [6, 6.07) is 10.0. The minimum absolute atomic E-state index is 0.0285. The van der Waals surface area contributed by atoms with Crippen molar-refractivity contribution in [2.24, 2.45) is 5.92 Å². The number of benzene rings is 1. The Labute approximate surface area is 131 Å². The van der Waals surface area contributed by atoms with Crippen LogP contribution in [0.25, 0.3) is 0 Å². The standard InChI is InChI=1S/C17H25NO4/c19-12-16-11-18(8-10-22-14-16)17(20)7-4-9-21-13-15-5-2-1-3-6-15/h1-3,5-6,16,19H,4,7-14H2/t16-/m1/s1. The first-order chi connectivity index (χ1) is 10.8. The molecule has 0 aromatic heterocycles. The molecule has 0 unspecified atom stereocenters. The van der Waals surface area contributed by atoms with E-state index in [1.807, 2.05) is 30.3 Å². The Morgan fingerprint density at radius 2 is 2.18 bits per heavy atom. The maximum absolute atomic E-state index is 12.2. The van der Waals surface area contributed by atoms with Crippen molar-refractivity contribution < 1.29 is 19.4 Å². The van der Waals surface area contributed by atoms with Crippen molar-refractivity contribution >= 4 is 5.91 Å². The maximum Gasteiger partial charge on any atom is 0.222 e. The lowest BCUT2D eigenvalue weighted by Gasteiger charge is -2.22. The zero-order valence-corrected chi connectivity index (χ0v) is 12.9. The third-order valence-electron chi connectivity index (χ3n) is 3.74. The van der Waals surface area contributed by atoms with Crippen LogP contribution in [0.3, 0.4) is 0 Å². The van der Waals surface area contributed by atoms with Crippen molar-refractivity contribution in [3.05, 3.63) is 35.9 Å². The van der Waals surface area contributed by atoms with Crippen molar-refractivity contribution in [3.8, 4) is 0 Å². The SMILES string of the molecule is O=C(CCCOCc1ccccc1)N1CCOC[C@@H](CO)C1. The van der Waals surface area contributed by atoms with Crippen LogP contribution in [0.1, 0.15) is 18.4 Å². The van der Waals surface area contributed by atoms with Gasteiger partial charge in [-0.25, -0.2) is 0 Å². The van der Waals surface area contributed by atoms with Crippen LogP contribution >= 0.6 is 0 Å². The molecular formula is C17H25NO4. The van der Waals surface area contributed by atoms with Crippen molar-refractivity contribution in [3.63, 3.8) is 0 Å². The van der Waals surface area contributed by atoms with E-state index < -0.39 is 0 Å². The summed E-state index contributed by atoms with van der Waals surface area (Å²) in [5.74, 6) is 0.146. The van der Waals surface area contributed by atoms with E-state index in [0.717, 1.165) is 5.56 Å². The first-order valence-electron chi connectivity index (χ1n) is 7.87. The van der Waals surface area contributed by atoms with Gasteiger partial charge in [0.2, 0.25) is 5.91 Å². The Bertz CT molecular complexity index is 438. The van der Waals surface area contributed by atoms with Gasteiger partial charge in [-0.05, 0) is 12.0 Å². The molecule has 0 radical (unpaired) electrons. The molecule has 1 aromatic rings. The van der Waals surface area contributed by atoms with Gasteiger partial charge in [-0.2, -0.15) is 0 Å². The molecule has 1 atom stereocenters. The van der Waals surface area contributed by atoms with Gasteiger partial charge in [0.15, 0.2) is 0 Å². The van der Waals surface area contributed by atoms with Gasteiger partial charge in [0.1, 0.15) is 0 Å². The summed E-state index contributed by atoms with van der Waals surface area (Å²) in [6.45, 7) is 3.49. The highest BCUT2D eigenvalue weighted by Gasteiger charge is 2.21. The average molecular weight is 307 g/mol. The molecule has 1 amide bonds. The summed E-state index contributed by atoms with van der Waals surface area (Å²) in [4.78, 5) is 14.0. The predicted octanol–water partition coefficient (Wildman–Crippen LogP) is 1.45. The average Bonchev–Trinajstić information content (AvgIpc) is 2.81. The molecule has 1 aliphatic rings. The highest BCUT2D eigenvalue weighted by molar-refractivity contribution is 5.76. The van der Waals surface area contributed by atoms with Gasteiger partial charge < -0.3 is 19.5 Å². The van der Waals surface area contributed by atoms with Crippen molar-refractivity contribution in [1.82, 2.24) is 4.90 Å². The van der Waals surface area contributed by atoms with Crippen LogP contribution in [0.4, 0.5) is 0 Å². The number of nitrogens with zero attached hydrogens (tertiary/aromatic N) is 1. The van der Waals surface area contributed by atoms with E-state index in [2.05, 4.69) is 0 Å². The third kappa shape index (κ3) is 5.75. The van der Waals surface area contributed by atoms with Gasteiger partial charge in [0.05, 0.1) is 19.8 Å². The molecule has 0 saturated carbocycles. The van der Waals surface area contributed by atoms with Crippen molar-refractivity contribution in [2.75, 3.05) is 39.5 Å². The van der Waals surface area contributed by atoms with E-state index in [0.29, 0.717) is 52.4 Å². The van der Waals surface area contributed by atoms with Crippen LogP contribution in [-0.2, 0) is 20.9 Å². The van der Waals surface area contributed by atoms with E-state index in [9.17, 15) is 9.90 Å². The first-order valence-corrected chi connectivity index (χ1v) is 7.87. The summed E-state index contributed by atoms with van der Waals surface area (Å²) in [7, 11) is 0. The lowest BCUT2D eigenvalue weighted by Crippen LogP contribution is -2.36. The molecule has 2 rings (SSSR count). The van der Waals surface area contributed by atoms with Crippen molar-refractivity contribution in [2.45, 2.75) is 19.4 Å². The Morgan fingerprint density at radius 1 is 1.36 bits per heavy atom. The van der Waals surface area contributed by atoms with Crippen LogP contribution in [0.15, 0.2) is 30.3 Å². The topological polar surface area (TPSA) is 59.0 Å². The fourth-order valence-electron chi connectivity index (χ4n) is 2.47. The molecule has 22 heavy (non-hydrogen) atoms. The summed E-state index contributed by atoms with van der Waals surface area (Å²) >= 11 is 0. The van der Waals surface area contributed by atoms with Gasteiger partial charge in [-0.15, -0.1) is 0 Å². The largest absolute Gasteiger partial charge is 0.396 e. The van der Waals surface area contributed by atoms with Gasteiger partial charge in [0.25, 0.3) is 0 Å². The molecule has 122 valence electrons. The summed E-state index contributed by atoms with van der Waals surface area (Å²) in [6.07, 6.45) is 1.19. The molecule has 1 fully saturated rings. The summed E-state index contributed by atoms with van der Waals surface area (Å²) in [5, 5.41) is 9.23. The number of hydrogen-bond donors (Lipinski definition) is 1. The summed E-state index contributed by atoms with van der Waals surface area (Å²) < 4.78 is 11.0. The molecule has 1 aromatic carbocycles. The smallest absolute Gasteiger partial charge is 0.222 e. The number of rotatable bonds is 7. The van der Waals surface area contributed by atoms with Crippen LogP contribution < -0.4 is 0 Å². The molecule has 5 nitrogen and oxygen atoms in total. The van der Waals surface area contributed by atoms with E-state index in [-0.39, 0.29) is 18.4 Å². The Hall–Kier alpha value is -1.43. The first kappa shape index (κ1) is 16.9. The molecular weight excluding hydrogens is 282 g/mol. The van der Waals surface area contributed by atoms with E-state index >= 15 is 0 Å². The van der Waals surface area contributed by atoms with Crippen molar-refractivity contribution in [1.29, 1.82) is 0 Å². The molecule has 1 N–H and O–H groups in total. The maximum atomic E-state index is 12.2. The van der Waals surface area contributed by atoms with Crippen LogP contribution in [0.5, 0.6) is 0 Å². The Morgan fingerprint density at radius 3 is 2.95 bits per heavy atom. The minimum atomic E-state index is 0.0285.